The van der Waals surface area contributed by atoms with E-state index in [2.05, 4.69) is 11.0 Å². The Bertz CT molecular complexity index is 111. The van der Waals surface area contributed by atoms with Crippen LogP contribution in [0.4, 0.5) is 0 Å². The minimum Gasteiger partial charge on any atom is -0.586 e. The maximum absolute atomic E-state index is 10.6. The first-order valence-electron chi connectivity index (χ1n) is 2.24. The zero-order valence-electron chi connectivity index (χ0n) is 5.05. The fourth-order valence-corrected chi connectivity index (χ4v) is 0.557. The van der Waals surface area contributed by atoms with Crippen LogP contribution in [0.25, 0.3) is 0 Å². The predicted molar refractivity (Wildman–Crippen MR) is 37.1 cm³/mol. The molecule has 0 aliphatic heterocycles. The second kappa shape index (κ2) is 3.69. The second-order valence-electron chi connectivity index (χ2n) is 1.31. The molecule has 0 rings (SSSR count). The molecule has 0 amide bonds. The topological polar surface area (TPSA) is 35.4 Å². The first kappa shape index (κ1) is 7.72. The minimum atomic E-state index is -1.20. The lowest BCUT2D eigenvalue weighted by Gasteiger charge is -1.97. The third-order valence-corrected chi connectivity index (χ3v) is 1.50. The highest BCUT2D eigenvalue weighted by Gasteiger charge is 2.00. The van der Waals surface area contributed by atoms with Gasteiger partial charge in [0.15, 0.2) is 0 Å². The molecule has 46 valence electrons. The lowest BCUT2D eigenvalue weighted by molar-refractivity contribution is 0.603. The first-order chi connectivity index (χ1) is 3.68. The van der Waals surface area contributed by atoms with Crippen LogP contribution in [0.15, 0.2) is 15.9 Å². The molecule has 0 fully saturated rings. The smallest absolute Gasteiger partial charge is 0.149 e. The lowest BCUT2D eigenvalue weighted by atomic mass is 10.8. The molecule has 1 unspecified atom stereocenters. The minimum absolute atomic E-state index is 0.586. The van der Waals surface area contributed by atoms with Crippen LogP contribution in [-0.2, 0) is 11.4 Å². The van der Waals surface area contributed by atoms with Crippen LogP contribution in [0.5, 0.6) is 0 Å². The van der Waals surface area contributed by atoms with Gasteiger partial charge in [-0.2, -0.15) is 0 Å². The average molecular weight is 131 g/mol. The molecular formula is C5H9NOS. The number of hydrogen-bond donors (Lipinski definition) is 0. The Morgan fingerprint density at radius 1 is 1.88 bits per heavy atom. The van der Waals surface area contributed by atoms with E-state index >= 15 is 0 Å². The van der Waals surface area contributed by atoms with Gasteiger partial charge in [-0.1, -0.05) is 4.40 Å². The molecule has 0 aliphatic rings. The van der Waals surface area contributed by atoms with Crippen molar-refractivity contribution in [2.24, 2.45) is 4.40 Å². The van der Waals surface area contributed by atoms with Crippen molar-refractivity contribution < 1.29 is 4.55 Å². The summed E-state index contributed by atoms with van der Waals surface area (Å²) >= 11 is -1.20. The third kappa shape index (κ3) is 2.82. The van der Waals surface area contributed by atoms with Crippen molar-refractivity contribution in [2.75, 3.05) is 0 Å². The van der Waals surface area contributed by atoms with Gasteiger partial charge in [-0.05, 0) is 13.5 Å². The van der Waals surface area contributed by atoms with Gasteiger partial charge in [-0.25, -0.2) is 0 Å². The van der Waals surface area contributed by atoms with E-state index in [0.717, 1.165) is 0 Å². The van der Waals surface area contributed by atoms with Crippen LogP contribution in [0, 0.1) is 0 Å². The summed E-state index contributed by atoms with van der Waals surface area (Å²) in [5.74, 6) is 0. The number of nitrogens with zero attached hydrogens (tertiary/aromatic N) is 1. The van der Waals surface area contributed by atoms with Crippen LogP contribution in [-0.4, -0.2) is 10.8 Å². The van der Waals surface area contributed by atoms with Crippen molar-refractivity contribution in [1.29, 1.82) is 0 Å². The summed E-state index contributed by atoms with van der Waals surface area (Å²) in [6.07, 6.45) is 1.50. The first-order valence-corrected chi connectivity index (χ1v) is 3.35. The molecule has 8 heavy (non-hydrogen) atoms. The van der Waals surface area contributed by atoms with Crippen LogP contribution in [0.1, 0.15) is 13.8 Å². The van der Waals surface area contributed by atoms with Gasteiger partial charge in [0.1, 0.15) is 16.3 Å². The molecule has 0 aromatic heterocycles. The van der Waals surface area contributed by atoms with E-state index in [0.29, 0.717) is 4.91 Å². The van der Waals surface area contributed by atoms with Gasteiger partial charge in [-0.3, -0.25) is 0 Å². The zero-order chi connectivity index (χ0) is 6.57. The Kier molecular flexibility index (Phi) is 3.56. The van der Waals surface area contributed by atoms with Crippen molar-refractivity contribution in [3.8, 4) is 0 Å². The Morgan fingerprint density at radius 3 is 2.50 bits per heavy atom. The van der Waals surface area contributed by atoms with Crippen LogP contribution >= 0.6 is 0 Å². The van der Waals surface area contributed by atoms with E-state index in [-0.39, 0.29) is 0 Å². The Hall–Kier alpha value is -0.280. The molecule has 0 radical (unpaired) electrons. The monoisotopic (exact) mass is 131 g/mol. The van der Waals surface area contributed by atoms with Crippen LogP contribution < -0.4 is 0 Å². The van der Waals surface area contributed by atoms with Gasteiger partial charge >= 0.3 is 0 Å². The van der Waals surface area contributed by atoms with E-state index in [9.17, 15) is 4.55 Å². The number of rotatable bonds is 2. The van der Waals surface area contributed by atoms with Crippen molar-refractivity contribution in [3.63, 3.8) is 0 Å². The molecular weight excluding hydrogens is 122 g/mol. The Labute approximate surface area is 52.6 Å². The molecule has 0 heterocycles. The van der Waals surface area contributed by atoms with Crippen LogP contribution in [0.3, 0.4) is 0 Å². The SMILES string of the molecule is C=C(C)[S+]([O-])N=CC. The number of hydrogen-bond acceptors (Lipinski definition) is 2. The highest BCUT2D eigenvalue weighted by Crippen LogP contribution is 2.02. The van der Waals surface area contributed by atoms with E-state index < -0.39 is 11.4 Å². The molecule has 0 spiro atoms. The summed E-state index contributed by atoms with van der Waals surface area (Å²) in [5.41, 5.74) is 0. The van der Waals surface area contributed by atoms with Gasteiger partial charge in [0.05, 0.1) is 6.21 Å². The summed E-state index contributed by atoms with van der Waals surface area (Å²) in [6.45, 7) is 6.87. The average Bonchev–Trinajstić information content (AvgIpc) is 1.67. The van der Waals surface area contributed by atoms with E-state index in [1.807, 2.05) is 0 Å². The molecule has 2 nitrogen and oxygen atoms in total. The fraction of sp³-hybridized carbons (Fsp3) is 0.400. The molecule has 0 aliphatic carbocycles. The lowest BCUT2D eigenvalue weighted by Crippen LogP contribution is -1.94. The van der Waals surface area contributed by atoms with Crippen molar-refractivity contribution >= 4 is 17.6 Å². The van der Waals surface area contributed by atoms with E-state index in [4.69, 9.17) is 0 Å². The van der Waals surface area contributed by atoms with Gasteiger partial charge < -0.3 is 4.55 Å². The highest BCUT2D eigenvalue weighted by atomic mass is 32.2. The normalized spacial score (nSPS) is 14.4. The highest BCUT2D eigenvalue weighted by molar-refractivity contribution is 7.94. The summed E-state index contributed by atoms with van der Waals surface area (Å²) in [7, 11) is 0. The second-order valence-corrected chi connectivity index (χ2v) is 2.72. The van der Waals surface area contributed by atoms with Crippen molar-refractivity contribution in [2.45, 2.75) is 13.8 Å². The summed E-state index contributed by atoms with van der Waals surface area (Å²) in [5, 5.41) is 0. The largest absolute Gasteiger partial charge is 0.586 e. The Balaban J connectivity index is 3.64. The fourth-order valence-electron chi connectivity index (χ4n) is 0.186. The molecule has 0 bridgehead atoms. The maximum Gasteiger partial charge on any atom is 0.149 e. The predicted octanol–water partition coefficient (Wildman–Crippen LogP) is 1.27. The van der Waals surface area contributed by atoms with Gasteiger partial charge in [0, 0.05) is 6.92 Å². The maximum atomic E-state index is 10.6. The molecule has 0 saturated carbocycles. The molecule has 0 N–H and O–H groups in total. The zero-order valence-corrected chi connectivity index (χ0v) is 5.86. The summed E-state index contributed by atoms with van der Waals surface area (Å²) in [6, 6.07) is 0. The van der Waals surface area contributed by atoms with Gasteiger partial charge in [0.25, 0.3) is 0 Å². The molecule has 3 heteroatoms. The molecule has 0 aromatic rings. The van der Waals surface area contributed by atoms with Crippen molar-refractivity contribution in [1.82, 2.24) is 0 Å². The van der Waals surface area contributed by atoms with Crippen LogP contribution in [0.2, 0.25) is 0 Å². The number of allylic oxidation sites excluding steroid dienone is 1. The Morgan fingerprint density at radius 2 is 2.38 bits per heavy atom. The van der Waals surface area contributed by atoms with E-state index in [1.165, 1.54) is 6.21 Å². The standard InChI is InChI=1S/C5H9NOS/c1-4-6-8(7)5(2)3/h4H,2H2,1,3H3. The molecule has 0 aromatic carbocycles. The quantitative estimate of drug-likeness (QED) is 0.410. The van der Waals surface area contributed by atoms with Gasteiger partial charge in [-0.15, -0.1) is 0 Å². The molecule has 0 saturated heterocycles. The van der Waals surface area contributed by atoms with Crippen molar-refractivity contribution in [3.05, 3.63) is 11.5 Å². The summed E-state index contributed by atoms with van der Waals surface area (Å²) < 4.78 is 14.1. The third-order valence-electron chi connectivity index (χ3n) is 0.499. The van der Waals surface area contributed by atoms with E-state index in [1.54, 1.807) is 13.8 Å². The summed E-state index contributed by atoms with van der Waals surface area (Å²) in [4.78, 5) is 0.586. The van der Waals surface area contributed by atoms with Gasteiger partial charge in [0.2, 0.25) is 0 Å². The molecule has 1 atom stereocenters.